The first kappa shape index (κ1) is 30.0. The molecule has 0 amide bonds. The summed E-state index contributed by atoms with van der Waals surface area (Å²) in [5.74, 6) is 3.50. The maximum Gasteiger partial charge on any atom is 0.228 e. The van der Waals surface area contributed by atoms with E-state index in [4.69, 9.17) is 9.97 Å². The Kier molecular flexibility index (Phi) is 12.5. The summed E-state index contributed by atoms with van der Waals surface area (Å²) in [6, 6.07) is 2.16. The first-order valence-corrected chi connectivity index (χ1v) is 15.6. The van der Waals surface area contributed by atoms with E-state index in [2.05, 4.69) is 76.9 Å². The zero-order chi connectivity index (χ0) is 27.3. The van der Waals surface area contributed by atoms with Crippen LogP contribution in [0.15, 0.2) is 48.5 Å². The molecule has 38 heavy (non-hydrogen) atoms. The van der Waals surface area contributed by atoms with E-state index in [0.29, 0.717) is 14.2 Å². The van der Waals surface area contributed by atoms with Crippen LogP contribution in [0.25, 0.3) is 0 Å². The summed E-state index contributed by atoms with van der Waals surface area (Å²) in [4.78, 5) is 25.3. The summed E-state index contributed by atoms with van der Waals surface area (Å²) in [7, 11) is 4.73. The predicted molar refractivity (Wildman–Crippen MR) is 166 cm³/mol. The SMILES string of the molecule is CC.CC/C=C(\C=C/C(C)Pc1cc(N(C)C)nc(N2CCN(c3cnccn3)CC2)n1)C1CCCCC1. The maximum absolute atomic E-state index is 5.04. The van der Waals surface area contributed by atoms with Gasteiger partial charge in [0.05, 0.1) is 11.6 Å². The lowest BCUT2D eigenvalue weighted by molar-refractivity contribution is 0.407. The van der Waals surface area contributed by atoms with Crippen LogP contribution < -0.4 is 20.1 Å². The first-order chi connectivity index (χ1) is 18.5. The summed E-state index contributed by atoms with van der Waals surface area (Å²) in [6.45, 7) is 12.1. The molecule has 2 aromatic heterocycles. The van der Waals surface area contributed by atoms with Crippen molar-refractivity contribution in [2.75, 3.05) is 55.0 Å². The number of rotatable bonds is 9. The normalized spacial score (nSPS) is 18.1. The Balaban J connectivity index is 0.00000195. The van der Waals surface area contributed by atoms with Crippen molar-refractivity contribution >= 4 is 31.6 Å². The molecular formula is C30H48N7P. The first-order valence-electron chi connectivity index (χ1n) is 14.5. The molecule has 0 aromatic carbocycles. The average molecular weight is 538 g/mol. The highest BCUT2D eigenvalue weighted by molar-refractivity contribution is 7.47. The molecule has 1 saturated heterocycles. The van der Waals surface area contributed by atoms with Gasteiger partial charge in [-0.1, -0.05) is 73.8 Å². The van der Waals surface area contributed by atoms with Gasteiger partial charge in [0.2, 0.25) is 5.95 Å². The van der Waals surface area contributed by atoms with E-state index in [1.54, 1.807) is 18.0 Å². The molecule has 3 heterocycles. The molecule has 2 atom stereocenters. The van der Waals surface area contributed by atoms with Crippen molar-refractivity contribution in [1.29, 1.82) is 0 Å². The van der Waals surface area contributed by atoms with Gasteiger partial charge in [-0.25, -0.2) is 9.97 Å². The Morgan fingerprint density at radius 2 is 1.76 bits per heavy atom. The number of hydrogen-bond acceptors (Lipinski definition) is 7. The van der Waals surface area contributed by atoms with Crippen molar-refractivity contribution in [3.05, 3.63) is 48.5 Å². The highest BCUT2D eigenvalue weighted by Crippen LogP contribution is 2.31. The molecule has 7 nitrogen and oxygen atoms in total. The van der Waals surface area contributed by atoms with Crippen molar-refractivity contribution in [3.8, 4) is 0 Å². The van der Waals surface area contributed by atoms with Crippen LogP contribution in [0.1, 0.15) is 66.2 Å². The highest BCUT2D eigenvalue weighted by Gasteiger charge is 2.22. The summed E-state index contributed by atoms with van der Waals surface area (Å²) in [5.41, 5.74) is 3.13. The van der Waals surface area contributed by atoms with Crippen molar-refractivity contribution < 1.29 is 0 Å². The fourth-order valence-electron chi connectivity index (χ4n) is 5.04. The largest absolute Gasteiger partial charge is 0.363 e. The highest BCUT2D eigenvalue weighted by atomic mass is 31.1. The number of nitrogens with zero attached hydrogens (tertiary/aromatic N) is 7. The van der Waals surface area contributed by atoms with Gasteiger partial charge in [0.25, 0.3) is 0 Å². The fourth-order valence-corrected chi connectivity index (χ4v) is 6.07. The van der Waals surface area contributed by atoms with Crippen molar-refractivity contribution in [1.82, 2.24) is 19.9 Å². The Hall–Kier alpha value is -2.53. The van der Waals surface area contributed by atoms with E-state index in [0.717, 1.165) is 61.5 Å². The molecule has 0 N–H and O–H groups in total. The molecule has 2 unspecified atom stereocenters. The summed E-state index contributed by atoms with van der Waals surface area (Å²) >= 11 is 0. The topological polar surface area (TPSA) is 61.3 Å². The average Bonchev–Trinajstić information content (AvgIpc) is 2.97. The molecule has 1 aliphatic heterocycles. The second-order valence-corrected chi connectivity index (χ2v) is 11.8. The molecule has 4 rings (SSSR count). The minimum Gasteiger partial charge on any atom is -0.363 e. The van der Waals surface area contributed by atoms with Crippen LogP contribution in [-0.2, 0) is 0 Å². The number of hydrogen-bond donors (Lipinski definition) is 0. The Morgan fingerprint density at radius 1 is 1.05 bits per heavy atom. The summed E-state index contributed by atoms with van der Waals surface area (Å²) < 4.78 is 0. The molecule has 2 fully saturated rings. The van der Waals surface area contributed by atoms with Gasteiger partial charge in [-0.15, -0.1) is 0 Å². The quantitative estimate of drug-likeness (QED) is 0.294. The third-order valence-electron chi connectivity index (χ3n) is 7.06. The van der Waals surface area contributed by atoms with Crippen molar-refractivity contribution in [2.24, 2.45) is 5.92 Å². The van der Waals surface area contributed by atoms with Gasteiger partial charge in [0, 0.05) is 58.7 Å². The number of allylic oxidation sites excluding steroid dienone is 4. The van der Waals surface area contributed by atoms with E-state index in [1.807, 2.05) is 20.0 Å². The van der Waals surface area contributed by atoms with E-state index >= 15 is 0 Å². The maximum atomic E-state index is 5.04. The van der Waals surface area contributed by atoms with Gasteiger partial charge in [-0.2, -0.15) is 4.98 Å². The molecule has 0 spiro atoms. The molecule has 208 valence electrons. The number of aromatic nitrogens is 4. The van der Waals surface area contributed by atoms with Crippen molar-refractivity contribution in [3.63, 3.8) is 0 Å². The molecule has 2 aliphatic rings. The smallest absolute Gasteiger partial charge is 0.228 e. The van der Waals surface area contributed by atoms with E-state index in [9.17, 15) is 0 Å². The van der Waals surface area contributed by atoms with Crippen LogP contribution in [0.3, 0.4) is 0 Å². The van der Waals surface area contributed by atoms with Gasteiger partial charge < -0.3 is 14.7 Å². The molecule has 1 aliphatic carbocycles. The van der Waals surface area contributed by atoms with Crippen LogP contribution in [-0.4, -0.2) is 65.9 Å². The second kappa shape index (κ2) is 15.8. The van der Waals surface area contributed by atoms with Crippen LogP contribution in [0.2, 0.25) is 0 Å². The second-order valence-electron chi connectivity index (χ2n) is 10.1. The number of piperazine rings is 1. The Morgan fingerprint density at radius 3 is 2.39 bits per heavy atom. The van der Waals surface area contributed by atoms with E-state index in [-0.39, 0.29) is 0 Å². The Bertz CT molecular complexity index is 1010. The van der Waals surface area contributed by atoms with E-state index in [1.165, 1.54) is 32.1 Å². The van der Waals surface area contributed by atoms with Gasteiger partial charge in [-0.05, 0) is 36.4 Å². The third kappa shape index (κ3) is 8.76. The van der Waals surface area contributed by atoms with Crippen LogP contribution in [0.5, 0.6) is 0 Å². The summed E-state index contributed by atoms with van der Waals surface area (Å²) in [6.07, 6.45) is 20.5. The lowest BCUT2D eigenvalue weighted by Gasteiger charge is -2.35. The fraction of sp³-hybridized carbons (Fsp3) is 0.600. The van der Waals surface area contributed by atoms with Crippen LogP contribution in [0.4, 0.5) is 17.6 Å². The monoisotopic (exact) mass is 537 g/mol. The van der Waals surface area contributed by atoms with Gasteiger partial charge in [-0.3, -0.25) is 4.98 Å². The van der Waals surface area contributed by atoms with E-state index < -0.39 is 0 Å². The van der Waals surface area contributed by atoms with Crippen LogP contribution in [0, 0.1) is 5.92 Å². The molecule has 1 saturated carbocycles. The standard InChI is InChI=1S/C28H42N7P.C2H6/c1-5-9-23(24-10-7-6-8-11-24)13-12-22(2)36-27-20-25(33(3)4)31-28(32-27)35-18-16-34(17-19-35)26-21-29-14-15-30-26;1-2/h9,12-15,20-22,24,36H,5-8,10-11,16-19H2,1-4H3;1-2H3/b13-12-,23-9+;. The van der Waals surface area contributed by atoms with Gasteiger partial charge in [0.15, 0.2) is 0 Å². The molecule has 2 aromatic rings. The van der Waals surface area contributed by atoms with Crippen LogP contribution >= 0.6 is 8.58 Å². The van der Waals surface area contributed by atoms with Gasteiger partial charge in [0.1, 0.15) is 11.6 Å². The zero-order valence-corrected chi connectivity index (χ0v) is 25.4. The molecule has 0 bridgehead atoms. The lowest BCUT2D eigenvalue weighted by Crippen LogP contribution is -2.47. The zero-order valence-electron chi connectivity index (χ0n) is 24.4. The van der Waals surface area contributed by atoms with Crippen molar-refractivity contribution in [2.45, 2.75) is 71.9 Å². The Labute approximate surface area is 232 Å². The summed E-state index contributed by atoms with van der Waals surface area (Å²) in [5, 5.41) is 0. The minimum absolute atomic E-state index is 0.445. The van der Waals surface area contributed by atoms with Gasteiger partial charge >= 0.3 is 0 Å². The molecule has 8 heteroatoms. The minimum atomic E-state index is 0.445. The third-order valence-corrected chi connectivity index (χ3v) is 8.26. The lowest BCUT2D eigenvalue weighted by atomic mass is 9.83. The molecular weight excluding hydrogens is 489 g/mol. The number of anilines is 3. The predicted octanol–water partition coefficient (Wildman–Crippen LogP) is 5.85. The molecule has 0 radical (unpaired) electrons.